The molecule has 0 aliphatic heterocycles. The van der Waals surface area contributed by atoms with Gasteiger partial charge in [-0.05, 0) is 35.8 Å². The van der Waals surface area contributed by atoms with Crippen LogP contribution in [0, 0.1) is 0 Å². The first-order valence-electron chi connectivity index (χ1n) is 7.79. The summed E-state index contributed by atoms with van der Waals surface area (Å²) >= 11 is 0. The molecule has 0 aromatic heterocycles. The van der Waals surface area contributed by atoms with Crippen molar-refractivity contribution in [2.24, 2.45) is 0 Å². The lowest BCUT2D eigenvalue weighted by Gasteiger charge is -2.07. The van der Waals surface area contributed by atoms with Crippen molar-refractivity contribution in [3.63, 3.8) is 0 Å². The van der Waals surface area contributed by atoms with E-state index in [4.69, 9.17) is 5.21 Å². The highest BCUT2D eigenvalue weighted by atomic mass is 32.2. The van der Waals surface area contributed by atoms with Gasteiger partial charge in [-0.1, -0.05) is 42.5 Å². The highest BCUT2D eigenvalue weighted by Crippen LogP contribution is 2.41. The molecule has 2 aromatic rings. The van der Waals surface area contributed by atoms with Gasteiger partial charge in [0.2, 0.25) is 10.0 Å². The molecule has 3 rings (SSSR count). The minimum Gasteiger partial charge on any atom is -0.288 e. The minimum atomic E-state index is -3.64. The number of hydrogen-bond donors (Lipinski definition) is 3. The molecule has 0 unspecified atom stereocenters. The number of nitrogens with one attached hydrogen (secondary N) is 2. The molecular formula is C18H18N2O4S. The predicted octanol–water partition coefficient (Wildman–Crippen LogP) is 2.04. The van der Waals surface area contributed by atoms with Crippen LogP contribution in [-0.2, 0) is 14.8 Å². The van der Waals surface area contributed by atoms with Crippen LogP contribution in [0.15, 0.2) is 65.6 Å². The number of carbonyl (C=O) groups excluding carboxylic acids is 1. The highest BCUT2D eigenvalue weighted by Gasteiger charge is 2.41. The van der Waals surface area contributed by atoms with Crippen LogP contribution < -0.4 is 10.2 Å². The van der Waals surface area contributed by atoms with Crippen LogP contribution in [0.1, 0.15) is 23.5 Å². The summed E-state index contributed by atoms with van der Waals surface area (Å²) < 4.78 is 27.8. The Bertz CT molecular complexity index is 894. The maximum atomic E-state index is 12.6. The molecule has 25 heavy (non-hydrogen) atoms. The van der Waals surface area contributed by atoms with Crippen LogP contribution in [0.4, 0.5) is 0 Å². The fraction of sp³-hybridized carbons (Fsp3) is 0.167. The second-order valence-electron chi connectivity index (χ2n) is 5.86. The van der Waals surface area contributed by atoms with E-state index in [0.29, 0.717) is 5.56 Å². The van der Waals surface area contributed by atoms with Gasteiger partial charge in [-0.15, -0.1) is 0 Å². The molecule has 6 nitrogen and oxygen atoms in total. The molecule has 0 spiro atoms. The highest BCUT2D eigenvalue weighted by molar-refractivity contribution is 7.89. The molecule has 0 heterocycles. The third-order valence-corrected chi connectivity index (χ3v) is 5.52. The van der Waals surface area contributed by atoms with E-state index in [1.165, 1.54) is 23.7 Å². The molecule has 0 bridgehead atoms. The topological polar surface area (TPSA) is 95.5 Å². The molecule has 2 atom stereocenters. The Balaban J connectivity index is 1.71. The summed E-state index contributed by atoms with van der Waals surface area (Å²) in [4.78, 5) is 11.1. The Morgan fingerprint density at radius 1 is 1.12 bits per heavy atom. The first kappa shape index (κ1) is 17.3. The lowest BCUT2D eigenvalue weighted by molar-refractivity contribution is -0.124. The quantitative estimate of drug-likeness (QED) is 0.418. The van der Waals surface area contributed by atoms with E-state index in [1.807, 2.05) is 30.3 Å². The summed E-state index contributed by atoms with van der Waals surface area (Å²) in [6, 6.07) is 16.0. The maximum absolute atomic E-state index is 12.6. The Labute approximate surface area is 146 Å². The number of sulfonamides is 1. The number of carbonyl (C=O) groups is 1. The average molecular weight is 358 g/mol. The molecule has 1 fully saturated rings. The van der Waals surface area contributed by atoms with E-state index in [2.05, 4.69) is 4.72 Å². The van der Waals surface area contributed by atoms with Gasteiger partial charge >= 0.3 is 0 Å². The number of amides is 1. The SMILES string of the molecule is O=C(/C=C/c1cccc(S(=O)(=O)N[C@@H]2C[C@H]2c2ccccc2)c1)NO. The van der Waals surface area contributed by atoms with Crippen LogP contribution in [0.3, 0.4) is 0 Å². The lowest BCUT2D eigenvalue weighted by Crippen LogP contribution is -2.26. The molecular weight excluding hydrogens is 340 g/mol. The zero-order valence-corrected chi connectivity index (χ0v) is 14.1. The van der Waals surface area contributed by atoms with Crippen LogP contribution >= 0.6 is 0 Å². The first-order valence-corrected chi connectivity index (χ1v) is 9.27. The van der Waals surface area contributed by atoms with Gasteiger partial charge in [-0.25, -0.2) is 18.6 Å². The maximum Gasteiger partial charge on any atom is 0.267 e. The Morgan fingerprint density at radius 3 is 2.60 bits per heavy atom. The van der Waals surface area contributed by atoms with Crippen molar-refractivity contribution in [2.45, 2.75) is 23.3 Å². The van der Waals surface area contributed by atoms with Crippen LogP contribution in [0.25, 0.3) is 6.08 Å². The van der Waals surface area contributed by atoms with Crippen molar-refractivity contribution in [2.75, 3.05) is 0 Å². The molecule has 0 radical (unpaired) electrons. The third kappa shape index (κ3) is 4.33. The molecule has 3 N–H and O–H groups in total. The van der Waals surface area contributed by atoms with Crippen LogP contribution in [0.2, 0.25) is 0 Å². The van der Waals surface area contributed by atoms with Gasteiger partial charge in [-0.2, -0.15) is 0 Å². The minimum absolute atomic E-state index is 0.105. The largest absolute Gasteiger partial charge is 0.288 e. The zero-order chi connectivity index (χ0) is 17.9. The number of benzene rings is 2. The van der Waals surface area contributed by atoms with E-state index < -0.39 is 15.9 Å². The fourth-order valence-electron chi connectivity index (χ4n) is 2.66. The van der Waals surface area contributed by atoms with Gasteiger partial charge in [-0.3, -0.25) is 10.0 Å². The molecule has 7 heteroatoms. The standard InChI is InChI=1S/C18H18N2O4S/c21-18(19-22)10-9-13-5-4-8-15(11-13)25(23,24)20-17-12-16(17)14-6-2-1-3-7-14/h1-11,16-17,20,22H,12H2,(H,19,21)/b10-9+/t16-,17+/m0/s1. The molecule has 2 aromatic carbocycles. The van der Waals surface area contributed by atoms with Gasteiger partial charge in [0.15, 0.2) is 0 Å². The zero-order valence-electron chi connectivity index (χ0n) is 13.3. The summed E-state index contributed by atoms with van der Waals surface area (Å²) in [5.74, 6) is -0.484. The predicted molar refractivity (Wildman–Crippen MR) is 93.3 cm³/mol. The molecule has 1 aliphatic carbocycles. The Kier molecular flexibility index (Phi) is 4.98. The van der Waals surface area contributed by atoms with Gasteiger partial charge in [0, 0.05) is 18.0 Å². The molecule has 1 aliphatic rings. The third-order valence-electron chi connectivity index (χ3n) is 4.03. The molecule has 1 saturated carbocycles. The van der Waals surface area contributed by atoms with Crippen molar-refractivity contribution < 1.29 is 18.4 Å². The number of hydrogen-bond acceptors (Lipinski definition) is 4. The molecule has 130 valence electrons. The Morgan fingerprint density at radius 2 is 1.88 bits per heavy atom. The van der Waals surface area contributed by atoms with E-state index in [0.717, 1.165) is 18.1 Å². The van der Waals surface area contributed by atoms with Gasteiger partial charge < -0.3 is 0 Å². The van der Waals surface area contributed by atoms with Crippen LogP contribution in [-0.4, -0.2) is 25.6 Å². The van der Waals surface area contributed by atoms with Crippen LogP contribution in [0.5, 0.6) is 0 Å². The molecule has 0 saturated heterocycles. The van der Waals surface area contributed by atoms with Gasteiger partial charge in [0.1, 0.15) is 0 Å². The van der Waals surface area contributed by atoms with E-state index in [9.17, 15) is 13.2 Å². The van der Waals surface area contributed by atoms with Crippen molar-refractivity contribution >= 4 is 22.0 Å². The van der Waals surface area contributed by atoms with Gasteiger partial charge in [0.25, 0.3) is 5.91 Å². The summed E-state index contributed by atoms with van der Waals surface area (Å²) in [7, 11) is -3.64. The normalized spacial score (nSPS) is 19.7. The van der Waals surface area contributed by atoms with E-state index in [-0.39, 0.29) is 16.9 Å². The van der Waals surface area contributed by atoms with E-state index >= 15 is 0 Å². The fourth-order valence-corrected chi connectivity index (χ4v) is 4.00. The van der Waals surface area contributed by atoms with Crippen molar-refractivity contribution in [1.82, 2.24) is 10.2 Å². The Hall–Kier alpha value is -2.48. The summed E-state index contributed by atoms with van der Waals surface area (Å²) in [6.45, 7) is 0. The summed E-state index contributed by atoms with van der Waals surface area (Å²) in [6.07, 6.45) is 3.32. The van der Waals surface area contributed by atoms with E-state index in [1.54, 1.807) is 12.1 Å². The van der Waals surface area contributed by atoms with Gasteiger partial charge in [0.05, 0.1) is 4.90 Å². The number of hydroxylamine groups is 1. The van der Waals surface area contributed by atoms with Crippen molar-refractivity contribution in [3.05, 3.63) is 71.8 Å². The smallest absolute Gasteiger partial charge is 0.267 e. The number of rotatable bonds is 6. The monoisotopic (exact) mass is 358 g/mol. The average Bonchev–Trinajstić information content (AvgIpc) is 3.39. The summed E-state index contributed by atoms with van der Waals surface area (Å²) in [5.41, 5.74) is 3.15. The molecule has 1 amide bonds. The van der Waals surface area contributed by atoms with Crippen molar-refractivity contribution in [1.29, 1.82) is 0 Å². The second-order valence-corrected chi connectivity index (χ2v) is 7.58. The van der Waals surface area contributed by atoms with Crippen molar-refractivity contribution in [3.8, 4) is 0 Å². The lowest BCUT2D eigenvalue weighted by atomic mass is 10.1. The summed E-state index contributed by atoms with van der Waals surface area (Å²) in [5, 5.41) is 8.46. The second kappa shape index (κ2) is 7.18. The first-order chi connectivity index (χ1) is 12.0.